The molecule has 2 heterocycles. The minimum atomic E-state index is 0.0302. The fourth-order valence-electron chi connectivity index (χ4n) is 3.11. The molecular formula is C19H25N3O2. The highest BCUT2D eigenvalue weighted by Gasteiger charge is 2.24. The van der Waals surface area contributed by atoms with Gasteiger partial charge in [-0.15, -0.1) is 0 Å². The van der Waals surface area contributed by atoms with Gasteiger partial charge in [-0.3, -0.25) is 4.68 Å². The number of hydrogen-bond acceptors (Lipinski definition) is 4. The van der Waals surface area contributed by atoms with Crippen LogP contribution in [0.2, 0.25) is 0 Å². The fourth-order valence-corrected chi connectivity index (χ4v) is 3.11. The Kier molecular flexibility index (Phi) is 4.60. The number of nitrogens with zero attached hydrogens (tertiary/aromatic N) is 3. The lowest BCUT2D eigenvalue weighted by Gasteiger charge is -2.13. The molecule has 0 amide bonds. The van der Waals surface area contributed by atoms with Crippen LogP contribution in [0, 0.1) is 13.8 Å². The molecule has 1 aliphatic rings. The molecule has 1 aliphatic heterocycles. The van der Waals surface area contributed by atoms with Gasteiger partial charge in [0, 0.05) is 12.1 Å². The first-order valence-electron chi connectivity index (χ1n) is 8.40. The highest BCUT2D eigenvalue weighted by atomic mass is 16.6. The number of aromatic nitrogens is 2. The van der Waals surface area contributed by atoms with E-state index in [0.717, 1.165) is 41.4 Å². The monoisotopic (exact) mass is 327 g/mol. The average Bonchev–Trinajstić information content (AvgIpc) is 3.13. The van der Waals surface area contributed by atoms with E-state index in [9.17, 15) is 0 Å². The quantitative estimate of drug-likeness (QED) is 0.838. The molecule has 1 aromatic carbocycles. The Bertz CT molecular complexity index is 762. The molecule has 0 saturated heterocycles. The van der Waals surface area contributed by atoms with Gasteiger partial charge in [0.05, 0.1) is 25.1 Å². The van der Waals surface area contributed by atoms with Crippen LogP contribution in [0.5, 0.6) is 5.75 Å². The number of ether oxygens (including phenoxy) is 1. The van der Waals surface area contributed by atoms with E-state index in [2.05, 4.69) is 49.2 Å². The van der Waals surface area contributed by atoms with Gasteiger partial charge >= 0.3 is 0 Å². The van der Waals surface area contributed by atoms with Crippen LogP contribution in [-0.4, -0.2) is 28.7 Å². The van der Waals surface area contributed by atoms with Crippen molar-refractivity contribution in [2.45, 2.75) is 52.7 Å². The van der Waals surface area contributed by atoms with E-state index in [0.29, 0.717) is 5.92 Å². The number of hydrogen-bond donors (Lipinski definition) is 0. The second-order valence-electron chi connectivity index (χ2n) is 6.69. The first-order valence-corrected chi connectivity index (χ1v) is 8.40. The maximum Gasteiger partial charge on any atom is 0.152 e. The summed E-state index contributed by atoms with van der Waals surface area (Å²) in [5.74, 6) is 1.32. The van der Waals surface area contributed by atoms with Gasteiger partial charge in [0.25, 0.3) is 0 Å². The van der Waals surface area contributed by atoms with Gasteiger partial charge in [0.1, 0.15) is 5.75 Å². The Labute approximate surface area is 143 Å². The highest BCUT2D eigenvalue weighted by Crippen LogP contribution is 2.29. The lowest BCUT2D eigenvalue weighted by molar-refractivity contribution is 0.0692. The Hall–Kier alpha value is -2.30. The maximum atomic E-state index is 5.64. The third-order valence-corrected chi connectivity index (χ3v) is 4.40. The summed E-state index contributed by atoms with van der Waals surface area (Å²) in [4.78, 5) is 5.64. The minimum absolute atomic E-state index is 0.0302. The number of benzene rings is 1. The predicted molar refractivity (Wildman–Crippen MR) is 94.8 cm³/mol. The lowest BCUT2D eigenvalue weighted by Crippen LogP contribution is -2.18. The summed E-state index contributed by atoms with van der Waals surface area (Å²) in [5.41, 5.74) is 5.47. The zero-order valence-electron chi connectivity index (χ0n) is 15.0. The van der Waals surface area contributed by atoms with Crippen molar-refractivity contribution in [1.29, 1.82) is 0 Å². The number of oxime groups is 1. The highest BCUT2D eigenvalue weighted by molar-refractivity contribution is 6.01. The molecule has 0 aliphatic carbocycles. The Morgan fingerprint density at radius 2 is 2.08 bits per heavy atom. The third-order valence-electron chi connectivity index (χ3n) is 4.40. The van der Waals surface area contributed by atoms with Crippen LogP contribution in [0.1, 0.15) is 48.7 Å². The van der Waals surface area contributed by atoms with Crippen molar-refractivity contribution in [3.63, 3.8) is 0 Å². The first-order chi connectivity index (χ1) is 11.5. The molecule has 0 fully saturated rings. The molecule has 5 heteroatoms. The van der Waals surface area contributed by atoms with E-state index in [4.69, 9.17) is 9.57 Å². The summed E-state index contributed by atoms with van der Waals surface area (Å²) in [7, 11) is 1.71. The molecule has 0 bridgehead atoms. The van der Waals surface area contributed by atoms with Crippen LogP contribution in [0.15, 0.2) is 29.4 Å². The minimum Gasteiger partial charge on any atom is -0.496 e. The second kappa shape index (κ2) is 6.67. The normalized spacial score (nSPS) is 17.1. The van der Waals surface area contributed by atoms with Crippen molar-refractivity contribution >= 4 is 5.71 Å². The number of methoxy groups -OCH3 is 1. The molecule has 0 saturated carbocycles. The SMILES string of the molecule is COc1ccc(C2=NO[C@@H](Cn3nc(C)cc3C)C2)cc1C(C)C. The van der Waals surface area contributed by atoms with Crippen molar-refractivity contribution in [3.05, 3.63) is 46.8 Å². The Balaban J connectivity index is 1.73. The third kappa shape index (κ3) is 3.30. The van der Waals surface area contributed by atoms with Crippen LogP contribution in [-0.2, 0) is 11.4 Å². The van der Waals surface area contributed by atoms with Crippen molar-refractivity contribution in [2.24, 2.45) is 5.16 Å². The van der Waals surface area contributed by atoms with Crippen molar-refractivity contribution in [2.75, 3.05) is 7.11 Å². The molecular weight excluding hydrogens is 302 g/mol. The molecule has 0 spiro atoms. The van der Waals surface area contributed by atoms with Crippen LogP contribution in [0.3, 0.4) is 0 Å². The second-order valence-corrected chi connectivity index (χ2v) is 6.69. The summed E-state index contributed by atoms with van der Waals surface area (Å²) in [6.45, 7) is 9.13. The van der Waals surface area contributed by atoms with Gasteiger partial charge < -0.3 is 9.57 Å². The van der Waals surface area contributed by atoms with E-state index in [1.54, 1.807) is 7.11 Å². The molecule has 1 aromatic heterocycles. The smallest absolute Gasteiger partial charge is 0.152 e. The number of aryl methyl sites for hydroxylation is 2. The zero-order valence-corrected chi connectivity index (χ0v) is 15.0. The van der Waals surface area contributed by atoms with Crippen LogP contribution >= 0.6 is 0 Å². The standard InChI is InChI=1S/C19H25N3O2/c1-12(2)17-9-15(6-7-19(17)23-5)18-10-16(24-21-18)11-22-14(4)8-13(3)20-22/h6-9,12,16H,10-11H2,1-5H3/t16-/m1/s1. The molecule has 5 nitrogen and oxygen atoms in total. The van der Waals surface area contributed by atoms with Crippen LogP contribution < -0.4 is 4.74 Å². The van der Waals surface area contributed by atoms with E-state index in [-0.39, 0.29) is 6.10 Å². The fraction of sp³-hybridized carbons (Fsp3) is 0.474. The van der Waals surface area contributed by atoms with Gasteiger partial charge in [-0.25, -0.2) is 0 Å². The molecule has 0 unspecified atom stereocenters. The van der Waals surface area contributed by atoms with Gasteiger partial charge in [-0.1, -0.05) is 19.0 Å². The van der Waals surface area contributed by atoms with Crippen LogP contribution in [0.25, 0.3) is 0 Å². The van der Waals surface area contributed by atoms with E-state index in [1.165, 1.54) is 5.56 Å². The zero-order chi connectivity index (χ0) is 17.3. The summed E-state index contributed by atoms with van der Waals surface area (Å²) in [6.07, 6.45) is 0.824. The van der Waals surface area contributed by atoms with Crippen molar-refractivity contribution in [1.82, 2.24) is 9.78 Å². The largest absolute Gasteiger partial charge is 0.496 e. The molecule has 0 N–H and O–H groups in total. The van der Waals surface area contributed by atoms with Crippen LogP contribution in [0.4, 0.5) is 0 Å². The number of rotatable bonds is 5. The van der Waals surface area contributed by atoms with Gasteiger partial charge in [0.15, 0.2) is 6.10 Å². The van der Waals surface area contributed by atoms with Crippen molar-refractivity contribution < 1.29 is 9.57 Å². The summed E-state index contributed by atoms with van der Waals surface area (Å²) in [6, 6.07) is 8.31. The van der Waals surface area contributed by atoms with Crippen molar-refractivity contribution in [3.8, 4) is 5.75 Å². The molecule has 0 radical (unpaired) electrons. The Morgan fingerprint density at radius 1 is 1.29 bits per heavy atom. The topological polar surface area (TPSA) is 48.6 Å². The molecule has 24 heavy (non-hydrogen) atoms. The van der Waals surface area contributed by atoms with Gasteiger partial charge in [0.2, 0.25) is 0 Å². The Morgan fingerprint density at radius 3 is 2.71 bits per heavy atom. The van der Waals surface area contributed by atoms with Gasteiger partial charge in [-0.05, 0) is 55.2 Å². The van der Waals surface area contributed by atoms with E-state index in [1.807, 2.05) is 17.7 Å². The molecule has 1 atom stereocenters. The van der Waals surface area contributed by atoms with Gasteiger partial charge in [-0.2, -0.15) is 5.10 Å². The lowest BCUT2D eigenvalue weighted by atomic mass is 9.96. The summed E-state index contributed by atoms with van der Waals surface area (Å²) >= 11 is 0. The van der Waals surface area contributed by atoms with E-state index >= 15 is 0 Å². The summed E-state index contributed by atoms with van der Waals surface area (Å²) < 4.78 is 7.45. The summed E-state index contributed by atoms with van der Waals surface area (Å²) in [5, 5.41) is 8.81. The molecule has 3 rings (SSSR count). The average molecular weight is 327 g/mol. The predicted octanol–water partition coefficient (Wildman–Crippen LogP) is 3.83. The first kappa shape index (κ1) is 16.6. The molecule has 2 aromatic rings. The maximum absolute atomic E-state index is 5.64. The molecule has 128 valence electrons. The van der Waals surface area contributed by atoms with E-state index < -0.39 is 0 Å².